The van der Waals surface area contributed by atoms with E-state index in [1.54, 1.807) is 4.68 Å². The molecular weight excluding hydrogens is 218 g/mol. The number of nitrogens with one attached hydrogen (secondary N) is 1. The number of amides is 1. The van der Waals surface area contributed by atoms with Gasteiger partial charge in [0.1, 0.15) is 6.61 Å². The minimum atomic E-state index is -0.290. The molecule has 1 N–H and O–H groups in total. The van der Waals surface area contributed by atoms with Crippen LogP contribution in [-0.2, 0) is 23.1 Å². The van der Waals surface area contributed by atoms with E-state index in [2.05, 4.69) is 10.4 Å². The summed E-state index contributed by atoms with van der Waals surface area (Å²) in [6.45, 7) is 8.27. The van der Waals surface area contributed by atoms with Gasteiger partial charge < -0.3 is 10.1 Å². The largest absolute Gasteiger partial charge is 0.366 e. The second kappa shape index (κ2) is 5.31. The molecule has 1 amide bonds. The van der Waals surface area contributed by atoms with Gasteiger partial charge in [-0.25, -0.2) is 0 Å². The summed E-state index contributed by atoms with van der Waals surface area (Å²) in [5.74, 6) is -0.108. The molecule has 1 aromatic heterocycles. The van der Waals surface area contributed by atoms with E-state index in [-0.39, 0.29) is 18.1 Å². The third-order valence-corrected chi connectivity index (χ3v) is 2.23. The number of rotatable bonds is 4. The summed E-state index contributed by atoms with van der Waals surface area (Å²) in [6, 6.07) is 0. The van der Waals surface area contributed by atoms with Crippen molar-refractivity contribution in [2.24, 2.45) is 7.05 Å². The number of carbonyl (C=O) groups is 1. The van der Waals surface area contributed by atoms with E-state index < -0.39 is 0 Å². The quantitative estimate of drug-likeness (QED) is 0.857. The molecule has 0 saturated heterocycles. The molecule has 1 aromatic rings. The van der Waals surface area contributed by atoms with E-state index in [1.807, 2.05) is 40.9 Å². The summed E-state index contributed by atoms with van der Waals surface area (Å²) in [5.41, 5.74) is 1.67. The van der Waals surface area contributed by atoms with Crippen molar-refractivity contribution in [1.82, 2.24) is 15.1 Å². The maximum Gasteiger partial charge on any atom is 0.246 e. The Labute approximate surface area is 102 Å². The average Bonchev–Trinajstić information content (AvgIpc) is 2.50. The molecule has 0 spiro atoms. The molecule has 5 heteroatoms. The van der Waals surface area contributed by atoms with Gasteiger partial charge in [0.05, 0.1) is 11.3 Å². The zero-order chi connectivity index (χ0) is 13.1. The van der Waals surface area contributed by atoms with Crippen LogP contribution < -0.4 is 5.32 Å². The SMILES string of the molecule is Cc1nn(C)cc1CNC(=O)COC(C)(C)C. The van der Waals surface area contributed by atoms with Gasteiger partial charge in [0, 0.05) is 25.4 Å². The number of aromatic nitrogens is 2. The predicted octanol–water partition coefficient (Wildman–Crippen LogP) is 1.16. The summed E-state index contributed by atoms with van der Waals surface area (Å²) < 4.78 is 7.12. The first-order chi connectivity index (χ1) is 7.78. The zero-order valence-electron chi connectivity index (χ0n) is 11.2. The number of nitrogens with zero attached hydrogens (tertiary/aromatic N) is 2. The van der Waals surface area contributed by atoms with E-state index >= 15 is 0 Å². The predicted molar refractivity (Wildman–Crippen MR) is 65.5 cm³/mol. The Hall–Kier alpha value is -1.36. The van der Waals surface area contributed by atoms with Crippen LogP contribution in [0.4, 0.5) is 0 Å². The molecule has 0 aliphatic rings. The van der Waals surface area contributed by atoms with Crippen LogP contribution in [-0.4, -0.2) is 27.9 Å². The van der Waals surface area contributed by atoms with E-state index in [0.717, 1.165) is 11.3 Å². The van der Waals surface area contributed by atoms with Gasteiger partial charge in [0.2, 0.25) is 5.91 Å². The molecule has 0 saturated carbocycles. The fraction of sp³-hybridized carbons (Fsp3) is 0.667. The highest BCUT2D eigenvalue weighted by atomic mass is 16.5. The Kier molecular flexibility index (Phi) is 4.28. The van der Waals surface area contributed by atoms with Crippen molar-refractivity contribution in [2.75, 3.05) is 6.61 Å². The maximum atomic E-state index is 11.5. The highest BCUT2D eigenvalue weighted by molar-refractivity contribution is 5.77. The molecule has 1 rings (SSSR count). The van der Waals surface area contributed by atoms with Gasteiger partial charge in [-0.05, 0) is 27.7 Å². The minimum absolute atomic E-state index is 0.0861. The lowest BCUT2D eigenvalue weighted by atomic mass is 10.2. The fourth-order valence-corrected chi connectivity index (χ4v) is 1.35. The Morgan fingerprint density at radius 1 is 1.53 bits per heavy atom. The summed E-state index contributed by atoms with van der Waals surface area (Å²) in [4.78, 5) is 11.5. The number of hydrogen-bond acceptors (Lipinski definition) is 3. The van der Waals surface area contributed by atoms with Crippen LogP contribution in [0.15, 0.2) is 6.20 Å². The number of carbonyl (C=O) groups excluding carboxylic acids is 1. The van der Waals surface area contributed by atoms with Crippen LogP contribution in [0.2, 0.25) is 0 Å². The second-order valence-electron chi connectivity index (χ2n) is 5.09. The molecule has 17 heavy (non-hydrogen) atoms. The first kappa shape index (κ1) is 13.7. The lowest BCUT2D eigenvalue weighted by Crippen LogP contribution is -2.31. The molecule has 0 radical (unpaired) electrons. The van der Waals surface area contributed by atoms with Gasteiger partial charge in [-0.2, -0.15) is 5.10 Å². The standard InChI is InChI=1S/C12H21N3O2/c1-9-10(7-15(5)14-9)6-13-11(16)8-17-12(2,3)4/h7H,6,8H2,1-5H3,(H,13,16). The number of hydrogen-bond donors (Lipinski definition) is 1. The molecule has 96 valence electrons. The Morgan fingerprint density at radius 3 is 2.65 bits per heavy atom. The smallest absolute Gasteiger partial charge is 0.246 e. The van der Waals surface area contributed by atoms with Crippen molar-refractivity contribution in [2.45, 2.75) is 39.8 Å². The van der Waals surface area contributed by atoms with Crippen LogP contribution in [0.3, 0.4) is 0 Å². The third kappa shape index (κ3) is 4.99. The van der Waals surface area contributed by atoms with Gasteiger partial charge in [0.15, 0.2) is 0 Å². The highest BCUT2D eigenvalue weighted by Gasteiger charge is 2.13. The summed E-state index contributed by atoms with van der Waals surface area (Å²) in [7, 11) is 1.86. The summed E-state index contributed by atoms with van der Waals surface area (Å²) in [6.07, 6.45) is 1.90. The Bertz CT molecular complexity index is 391. The molecule has 0 unspecified atom stereocenters. The third-order valence-electron chi connectivity index (χ3n) is 2.23. The van der Waals surface area contributed by atoms with Gasteiger partial charge in [-0.15, -0.1) is 0 Å². The Morgan fingerprint density at radius 2 is 2.18 bits per heavy atom. The monoisotopic (exact) mass is 239 g/mol. The van der Waals surface area contributed by atoms with Crippen molar-refractivity contribution in [3.63, 3.8) is 0 Å². The molecular formula is C12H21N3O2. The van der Waals surface area contributed by atoms with E-state index in [9.17, 15) is 4.79 Å². The van der Waals surface area contributed by atoms with Gasteiger partial charge in [-0.1, -0.05) is 0 Å². The molecule has 0 fully saturated rings. The van der Waals surface area contributed by atoms with Crippen LogP contribution in [0.5, 0.6) is 0 Å². The number of aryl methyl sites for hydroxylation is 2. The molecule has 5 nitrogen and oxygen atoms in total. The Balaban J connectivity index is 2.36. The molecule has 0 aromatic carbocycles. The van der Waals surface area contributed by atoms with Gasteiger partial charge in [-0.3, -0.25) is 9.48 Å². The molecule has 0 atom stereocenters. The zero-order valence-corrected chi connectivity index (χ0v) is 11.2. The van der Waals surface area contributed by atoms with Crippen LogP contribution in [0, 0.1) is 6.92 Å². The first-order valence-corrected chi connectivity index (χ1v) is 5.68. The van der Waals surface area contributed by atoms with Gasteiger partial charge >= 0.3 is 0 Å². The lowest BCUT2D eigenvalue weighted by molar-refractivity contribution is -0.130. The van der Waals surface area contributed by atoms with Gasteiger partial charge in [0.25, 0.3) is 0 Å². The molecule has 1 heterocycles. The van der Waals surface area contributed by atoms with Crippen molar-refractivity contribution in [3.05, 3.63) is 17.5 Å². The fourth-order valence-electron chi connectivity index (χ4n) is 1.35. The van der Waals surface area contributed by atoms with Crippen LogP contribution >= 0.6 is 0 Å². The summed E-state index contributed by atoms with van der Waals surface area (Å²) >= 11 is 0. The minimum Gasteiger partial charge on any atom is -0.366 e. The topological polar surface area (TPSA) is 56.2 Å². The highest BCUT2D eigenvalue weighted by Crippen LogP contribution is 2.06. The van der Waals surface area contributed by atoms with Crippen molar-refractivity contribution < 1.29 is 9.53 Å². The van der Waals surface area contributed by atoms with Crippen molar-refractivity contribution >= 4 is 5.91 Å². The average molecular weight is 239 g/mol. The van der Waals surface area contributed by atoms with Crippen molar-refractivity contribution in [1.29, 1.82) is 0 Å². The molecule has 0 bridgehead atoms. The number of ether oxygens (including phenoxy) is 1. The van der Waals surface area contributed by atoms with E-state index in [0.29, 0.717) is 6.54 Å². The lowest BCUT2D eigenvalue weighted by Gasteiger charge is -2.18. The summed E-state index contributed by atoms with van der Waals surface area (Å²) in [5, 5.41) is 7.02. The molecule has 0 aliphatic carbocycles. The normalized spacial score (nSPS) is 11.6. The van der Waals surface area contributed by atoms with Crippen LogP contribution in [0.1, 0.15) is 32.0 Å². The maximum absolute atomic E-state index is 11.5. The first-order valence-electron chi connectivity index (χ1n) is 5.68. The van der Waals surface area contributed by atoms with Crippen LogP contribution in [0.25, 0.3) is 0 Å². The van der Waals surface area contributed by atoms with E-state index in [1.165, 1.54) is 0 Å². The second-order valence-corrected chi connectivity index (χ2v) is 5.09. The van der Waals surface area contributed by atoms with E-state index in [4.69, 9.17) is 4.74 Å². The molecule has 0 aliphatic heterocycles. The van der Waals surface area contributed by atoms with Crippen molar-refractivity contribution in [3.8, 4) is 0 Å².